The number of piperidine rings is 1. The van der Waals surface area contributed by atoms with Crippen LogP contribution in [-0.4, -0.2) is 47.1 Å². The maximum absolute atomic E-state index is 15.6. The van der Waals surface area contributed by atoms with Crippen molar-refractivity contribution in [2.24, 2.45) is 11.3 Å². The Balaban J connectivity index is 1.63. The third kappa shape index (κ3) is 6.86. The number of carbonyl (C=O) groups excluding carboxylic acids is 1. The van der Waals surface area contributed by atoms with Crippen LogP contribution in [0.25, 0.3) is 6.08 Å². The Morgan fingerprint density at radius 1 is 1.22 bits per heavy atom. The van der Waals surface area contributed by atoms with Crippen molar-refractivity contribution in [3.8, 4) is 0 Å². The second kappa shape index (κ2) is 10.8. The lowest BCUT2D eigenvalue weighted by atomic mass is 9.73. The van der Waals surface area contributed by atoms with Gasteiger partial charge in [0, 0.05) is 42.2 Å². The molecule has 2 fully saturated rings. The number of nitrogens with zero attached hydrogens (tertiary/aromatic N) is 1. The summed E-state index contributed by atoms with van der Waals surface area (Å²) in [4.78, 5) is 25.1. The number of likely N-dealkylation sites (tertiary alicyclic amines) is 1. The number of benzene rings is 1. The lowest BCUT2D eigenvalue weighted by Gasteiger charge is -2.49. The number of fused-ring (bicyclic) bond motifs is 1. The second-order valence-electron chi connectivity index (χ2n) is 11.6. The minimum atomic E-state index is -1.19. The average molecular weight is 515 g/mol. The predicted molar refractivity (Wildman–Crippen MR) is 137 cm³/mol. The number of hydrogen-bond donors (Lipinski definition) is 2. The zero-order valence-electron chi connectivity index (χ0n) is 21.9. The highest BCUT2D eigenvalue weighted by atomic mass is 19.1. The van der Waals surface area contributed by atoms with Gasteiger partial charge in [0.25, 0.3) is 5.91 Å². The van der Waals surface area contributed by atoms with Gasteiger partial charge in [0.1, 0.15) is 17.4 Å². The molecule has 1 saturated heterocycles. The van der Waals surface area contributed by atoms with E-state index in [9.17, 15) is 9.59 Å². The number of halogens is 2. The Morgan fingerprint density at radius 3 is 2.49 bits per heavy atom. The fourth-order valence-corrected chi connectivity index (χ4v) is 5.31. The van der Waals surface area contributed by atoms with Crippen LogP contribution in [0.2, 0.25) is 0 Å². The number of carboxylic acids is 1. The topological polar surface area (TPSA) is 78.9 Å². The van der Waals surface area contributed by atoms with E-state index in [4.69, 9.17) is 9.84 Å². The standard InChI is InChI=1S/C29H36F2N2O4/c1-17-11-19-14-21(37-15-25(34)32-20-6-7-20)8-9-22(19)28(33(17)16-29(2,3)4)27-23(30)12-18(13-24(27)31)5-10-26(35)36/h5,8,10,12-14,17,20,22,28H,6-7,9,11,15-16H2,1-4H3,(H,32,34)(H,35,36)/b10-5+. The molecule has 37 heavy (non-hydrogen) atoms. The number of allylic oxidation sites excluding steroid dienone is 2. The monoisotopic (exact) mass is 514 g/mol. The van der Waals surface area contributed by atoms with Gasteiger partial charge in [-0.1, -0.05) is 26.3 Å². The molecule has 4 rings (SSSR count). The lowest BCUT2D eigenvalue weighted by molar-refractivity contribution is -0.131. The highest BCUT2D eigenvalue weighted by Gasteiger charge is 2.43. The van der Waals surface area contributed by atoms with E-state index in [2.05, 4.69) is 37.9 Å². The van der Waals surface area contributed by atoms with Crippen LogP contribution < -0.4 is 5.32 Å². The Labute approximate surface area is 217 Å². The molecule has 3 atom stereocenters. The van der Waals surface area contributed by atoms with Gasteiger partial charge in [0.15, 0.2) is 6.61 Å². The summed E-state index contributed by atoms with van der Waals surface area (Å²) in [6.07, 6.45) is 9.15. The van der Waals surface area contributed by atoms with Crippen LogP contribution in [0.5, 0.6) is 0 Å². The van der Waals surface area contributed by atoms with Crippen LogP contribution in [0, 0.1) is 23.0 Å². The van der Waals surface area contributed by atoms with Crippen molar-refractivity contribution < 1.29 is 28.2 Å². The first-order valence-electron chi connectivity index (χ1n) is 12.9. The van der Waals surface area contributed by atoms with E-state index in [1.807, 2.05) is 12.2 Å². The van der Waals surface area contributed by atoms with Crippen molar-refractivity contribution in [3.63, 3.8) is 0 Å². The number of carboxylic acid groups (broad SMARTS) is 1. The summed E-state index contributed by atoms with van der Waals surface area (Å²) in [6.45, 7) is 8.98. The number of rotatable bonds is 8. The Morgan fingerprint density at radius 2 is 1.89 bits per heavy atom. The third-order valence-electron chi connectivity index (χ3n) is 7.00. The molecule has 0 radical (unpaired) electrons. The molecule has 1 amide bonds. The molecule has 0 bridgehead atoms. The lowest BCUT2D eigenvalue weighted by Crippen LogP contribution is -2.49. The first-order valence-corrected chi connectivity index (χ1v) is 12.9. The van der Waals surface area contributed by atoms with Gasteiger partial charge in [-0.3, -0.25) is 9.69 Å². The third-order valence-corrected chi connectivity index (χ3v) is 7.00. The van der Waals surface area contributed by atoms with Crippen molar-refractivity contribution in [1.82, 2.24) is 10.2 Å². The molecule has 3 aliphatic rings. The summed E-state index contributed by atoms with van der Waals surface area (Å²) in [5, 5.41) is 11.8. The molecule has 1 saturated carbocycles. The van der Waals surface area contributed by atoms with E-state index < -0.39 is 23.6 Å². The minimum absolute atomic E-state index is 0.000699. The van der Waals surface area contributed by atoms with Gasteiger partial charge in [-0.25, -0.2) is 13.6 Å². The van der Waals surface area contributed by atoms with Crippen LogP contribution in [0.1, 0.15) is 70.5 Å². The van der Waals surface area contributed by atoms with Crippen LogP contribution in [0.4, 0.5) is 8.78 Å². The van der Waals surface area contributed by atoms with Gasteiger partial charge in [0.05, 0.1) is 0 Å². The SMILES string of the molecule is CC1CC2=CC(OCC(=O)NC3CC3)=CCC2C(c2c(F)cc(/C=C/C(=O)O)cc2F)N1CC(C)(C)C. The van der Waals surface area contributed by atoms with E-state index in [1.54, 1.807) is 0 Å². The molecular formula is C29H36F2N2O4. The number of aliphatic carboxylic acids is 1. The fourth-order valence-electron chi connectivity index (χ4n) is 5.31. The molecule has 0 aromatic heterocycles. The van der Waals surface area contributed by atoms with Gasteiger partial charge in [-0.15, -0.1) is 0 Å². The second-order valence-corrected chi connectivity index (χ2v) is 11.6. The Bertz CT molecular complexity index is 1120. The van der Waals surface area contributed by atoms with Gasteiger partial charge >= 0.3 is 5.97 Å². The maximum atomic E-state index is 15.6. The molecule has 1 aliphatic heterocycles. The minimum Gasteiger partial charge on any atom is -0.484 e. The van der Waals surface area contributed by atoms with Crippen LogP contribution >= 0.6 is 0 Å². The first kappa shape index (κ1) is 27.0. The number of amides is 1. The molecular weight excluding hydrogens is 478 g/mol. The van der Waals surface area contributed by atoms with Gasteiger partial charge in [0.2, 0.25) is 0 Å². The van der Waals surface area contributed by atoms with Gasteiger partial charge in [-0.05, 0) is 73.9 Å². The van der Waals surface area contributed by atoms with Crippen molar-refractivity contribution in [2.45, 2.75) is 71.5 Å². The largest absolute Gasteiger partial charge is 0.484 e. The maximum Gasteiger partial charge on any atom is 0.328 e. The highest BCUT2D eigenvalue weighted by molar-refractivity contribution is 5.85. The van der Waals surface area contributed by atoms with Crippen LogP contribution in [0.3, 0.4) is 0 Å². The van der Waals surface area contributed by atoms with Gasteiger partial charge in [-0.2, -0.15) is 0 Å². The van der Waals surface area contributed by atoms with E-state index >= 15 is 8.78 Å². The molecule has 1 aromatic carbocycles. The molecule has 0 spiro atoms. The molecule has 1 heterocycles. The Hall–Kier alpha value is -3.00. The number of carbonyl (C=O) groups is 2. The quantitative estimate of drug-likeness (QED) is 0.456. The molecule has 6 nitrogen and oxygen atoms in total. The van der Waals surface area contributed by atoms with E-state index in [1.165, 1.54) is 18.2 Å². The fraction of sp³-hybridized carbons (Fsp3) is 0.517. The molecule has 200 valence electrons. The van der Waals surface area contributed by atoms with E-state index in [0.29, 0.717) is 18.7 Å². The normalized spacial score (nSPS) is 24.3. The molecule has 2 aliphatic carbocycles. The predicted octanol–water partition coefficient (Wildman–Crippen LogP) is 5.37. The summed E-state index contributed by atoms with van der Waals surface area (Å²) in [5.74, 6) is -2.25. The van der Waals surface area contributed by atoms with Crippen molar-refractivity contribution in [2.75, 3.05) is 13.2 Å². The number of hydrogen-bond acceptors (Lipinski definition) is 4. The number of nitrogens with one attached hydrogen (secondary N) is 1. The summed E-state index contributed by atoms with van der Waals surface area (Å²) in [5.41, 5.74) is 1.11. The number of ether oxygens (including phenoxy) is 1. The van der Waals surface area contributed by atoms with Crippen molar-refractivity contribution in [1.29, 1.82) is 0 Å². The first-order chi connectivity index (χ1) is 17.4. The van der Waals surface area contributed by atoms with Crippen LogP contribution in [0.15, 0.2) is 41.7 Å². The summed E-state index contributed by atoms with van der Waals surface area (Å²) >= 11 is 0. The van der Waals surface area contributed by atoms with Crippen molar-refractivity contribution >= 4 is 18.0 Å². The molecule has 8 heteroatoms. The van der Waals surface area contributed by atoms with Crippen LogP contribution in [-0.2, 0) is 14.3 Å². The molecule has 1 aromatic rings. The van der Waals surface area contributed by atoms with Crippen molar-refractivity contribution in [3.05, 3.63) is 64.5 Å². The summed E-state index contributed by atoms with van der Waals surface area (Å²) in [7, 11) is 0. The van der Waals surface area contributed by atoms with E-state index in [-0.39, 0.29) is 47.1 Å². The summed E-state index contributed by atoms with van der Waals surface area (Å²) in [6, 6.07) is 2.14. The van der Waals surface area contributed by atoms with E-state index in [0.717, 1.165) is 30.9 Å². The smallest absolute Gasteiger partial charge is 0.328 e. The average Bonchev–Trinajstić information content (AvgIpc) is 3.60. The van der Waals surface area contributed by atoms with Gasteiger partial charge < -0.3 is 15.2 Å². The summed E-state index contributed by atoms with van der Waals surface area (Å²) < 4.78 is 36.9. The molecule has 2 N–H and O–H groups in total. The highest BCUT2D eigenvalue weighted by Crippen LogP contribution is 2.48. The Kier molecular flexibility index (Phi) is 7.88. The zero-order valence-corrected chi connectivity index (χ0v) is 21.9. The zero-order chi connectivity index (χ0) is 26.9. The molecule has 3 unspecified atom stereocenters.